The summed E-state index contributed by atoms with van der Waals surface area (Å²) in [5.41, 5.74) is 2.27. The van der Waals surface area contributed by atoms with Crippen molar-refractivity contribution in [3.63, 3.8) is 0 Å². The zero-order chi connectivity index (χ0) is 19.7. The lowest BCUT2D eigenvalue weighted by Crippen LogP contribution is -2.45. The van der Waals surface area contributed by atoms with E-state index in [4.69, 9.17) is 4.74 Å². The summed E-state index contributed by atoms with van der Waals surface area (Å²) in [5.74, 6) is 2.15. The zero-order valence-electron chi connectivity index (χ0n) is 16.6. The van der Waals surface area contributed by atoms with Crippen LogP contribution in [-0.4, -0.2) is 70.6 Å². The van der Waals surface area contributed by atoms with Gasteiger partial charge in [0, 0.05) is 45.3 Å². The van der Waals surface area contributed by atoms with Crippen molar-refractivity contribution in [2.75, 3.05) is 51.3 Å². The molecule has 1 aromatic rings. The molecule has 0 atom stereocenters. The normalized spacial score (nSPS) is 17.5. The van der Waals surface area contributed by atoms with E-state index in [1.54, 1.807) is 7.05 Å². The highest BCUT2D eigenvalue weighted by molar-refractivity contribution is 7.91. The molecule has 0 aromatic heterocycles. The maximum absolute atomic E-state index is 11.5. The van der Waals surface area contributed by atoms with Crippen LogP contribution >= 0.6 is 0 Å². The Labute approximate surface area is 163 Å². The number of ether oxygens (including phenoxy) is 1. The summed E-state index contributed by atoms with van der Waals surface area (Å²) in [5, 5.41) is 6.61. The molecule has 2 N–H and O–H groups in total. The number of hydrogen-bond acceptors (Lipinski definition) is 5. The molecule has 0 radical (unpaired) electrons. The summed E-state index contributed by atoms with van der Waals surface area (Å²) in [6, 6.07) is 6.22. The third kappa shape index (κ3) is 7.38. The Hall–Kier alpha value is -1.80. The van der Waals surface area contributed by atoms with Crippen LogP contribution in [0.25, 0.3) is 0 Å². The van der Waals surface area contributed by atoms with E-state index in [9.17, 15) is 8.42 Å². The number of hydrogen-bond donors (Lipinski definition) is 2. The molecule has 1 fully saturated rings. The predicted molar refractivity (Wildman–Crippen MR) is 110 cm³/mol. The maximum atomic E-state index is 11.5. The van der Waals surface area contributed by atoms with Gasteiger partial charge >= 0.3 is 0 Å². The molecule has 1 saturated heterocycles. The number of aliphatic imine (C=N–C) groups is 1. The number of nitrogens with zero attached hydrogens (tertiary/aromatic N) is 2. The molecule has 8 heteroatoms. The van der Waals surface area contributed by atoms with Gasteiger partial charge in [-0.1, -0.05) is 19.1 Å². The van der Waals surface area contributed by atoms with E-state index < -0.39 is 9.84 Å². The van der Waals surface area contributed by atoms with Crippen molar-refractivity contribution >= 4 is 15.8 Å². The molecule has 1 aliphatic heterocycles. The molecule has 0 amide bonds. The van der Waals surface area contributed by atoms with Crippen molar-refractivity contribution in [2.24, 2.45) is 4.99 Å². The molecular formula is C19H32N4O3S. The van der Waals surface area contributed by atoms with E-state index in [0.29, 0.717) is 32.8 Å². The summed E-state index contributed by atoms with van der Waals surface area (Å²) in [7, 11) is -1.08. The Morgan fingerprint density at radius 2 is 2.00 bits per heavy atom. The van der Waals surface area contributed by atoms with Crippen LogP contribution in [0.15, 0.2) is 23.2 Å². The van der Waals surface area contributed by atoms with Crippen LogP contribution in [0, 0.1) is 6.92 Å². The average molecular weight is 397 g/mol. The van der Waals surface area contributed by atoms with Crippen molar-refractivity contribution in [3.8, 4) is 5.75 Å². The molecule has 0 unspecified atom stereocenters. The first-order valence-electron chi connectivity index (χ1n) is 9.53. The first-order chi connectivity index (χ1) is 12.9. The van der Waals surface area contributed by atoms with Crippen LogP contribution in [-0.2, 0) is 16.4 Å². The van der Waals surface area contributed by atoms with Gasteiger partial charge in [-0.25, -0.2) is 8.42 Å². The van der Waals surface area contributed by atoms with Crippen LogP contribution in [0.1, 0.15) is 24.5 Å². The topological polar surface area (TPSA) is 83.0 Å². The van der Waals surface area contributed by atoms with E-state index in [-0.39, 0.29) is 11.5 Å². The molecule has 0 saturated carbocycles. The lowest BCUT2D eigenvalue weighted by molar-refractivity contribution is 0.299. The van der Waals surface area contributed by atoms with E-state index in [0.717, 1.165) is 30.2 Å². The smallest absolute Gasteiger partial charge is 0.191 e. The van der Waals surface area contributed by atoms with Crippen LogP contribution in [0.5, 0.6) is 5.75 Å². The summed E-state index contributed by atoms with van der Waals surface area (Å²) < 4.78 is 28.8. The van der Waals surface area contributed by atoms with Crippen LogP contribution < -0.4 is 15.4 Å². The van der Waals surface area contributed by atoms with Gasteiger partial charge in [0.05, 0.1) is 18.1 Å². The van der Waals surface area contributed by atoms with Gasteiger partial charge in [0.1, 0.15) is 5.75 Å². The highest BCUT2D eigenvalue weighted by Crippen LogP contribution is 2.20. The number of benzene rings is 1. The monoisotopic (exact) mass is 396 g/mol. The minimum absolute atomic E-state index is 0.258. The Kier molecular flexibility index (Phi) is 8.37. The third-order valence-electron chi connectivity index (χ3n) is 4.51. The Morgan fingerprint density at radius 1 is 1.26 bits per heavy atom. The van der Waals surface area contributed by atoms with Gasteiger partial charge in [-0.05, 0) is 25.0 Å². The van der Waals surface area contributed by atoms with E-state index >= 15 is 0 Å². The second-order valence-electron chi connectivity index (χ2n) is 6.81. The molecule has 27 heavy (non-hydrogen) atoms. The molecular weight excluding hydrogens is 364 g/mol. The number of rotatable bonds is 8. The predicted octanol–water partition coefficient (Wildman–Crippen LogP) is 1.18. The van der Waals surface area contributed by atoms with Gasteiger partial charge in [-0.15, -0.1) is 0 Å². The van der Waals surface area contributed by atoms with Crippen molar-refractivity contribution in [3.05, 3.63) is 29.3 Å². The van der Waals surface area contributed by atoms with E-state index in [1.807, 2.05) is 0 Å². The summed E-state index contributed by atoms with van der Waals surface area (Å²) in [6.07, 6.45) is 0.974. The average Bonchev–Trinajstić information content (AvgIpc) is 2.65. The Balaban J connectivity index is 1.79. The van der Waals surface area contributed by atoms with Gasteiger partial charge in [-0.3, -0.25) is 9.89 Å². The second-order valence-corrected chi connectivity index (χ2v) is 9.11. The fourth-order valence-corrected chi connectivity index (χ4v) is 4.14. The number of aryl methyl sites for hydroxylation is 1. The number of nitrogens with one attached hydrogen (secondary N) is 2. The van der Waals surface area contributed by atoms with Crippen LogP contribution in [0.4, 0.5) is 0 Å². The first kappa shape index (κ1) is 21.5. The molecule has 152 valence electrons. The van der Waals surface area contributed by atoms with Gasteiger partial charge in [0.25, 0.3) is 0 Å². The lowest BCUT2D eigenvalue weighted by atomic mass is 10.1. The highest BCUT2D eigenvalue weighted by Gasteiger charge is 2.20. The number of guanidine groups is 1. The van der Waals surface area contributed by atoms with E-state index in [1.165, 1.54) is 5.56 Å². The molecule has 0 aliphatic carbocycles. The standard InChI is InChI=1S/C19H32N4O3S/c1-4-11-26-18-14-16(2)5-6-17(18)15-22-19(20-3)21-7-8-23-9-12-27(24,25)13-10-23/h5-6,14H,4,7-13,15H2,1-3H3,(H2,20,21,22). The molecule has 0 bridgehead atoms. The van der Waals surface area contributed by atoms with Gasteiger partial charge in [0.15, 0.2) is 15.8 Å². The fourth-order valence-electron chi connectivity index (χ4n) is 2.86. The van der Waals surface area contributed by atoms with Gasteiger partial charge in [0.2, 0.25) is 0 Å². The maximum Gasteiger partial charge on any atom is 0.191 e. The largest absolute Gasteiger partial charge is 0.493 e. The molecule has 0 spiro atoms. The quantitative estimate of drug-likeness (QED) is 0.507. The molecule has 1 aromatic carbocycles. The first-order valence-corrected chi connectivity index (χ1v) is 11.4. The SMILES string of the molecule is CCCOc1cc(C)ccc1CNC(=NC)NCCN1CCS(=O)(=O)CC1. The van der Waals surface area contributed by atoms with Gasteiger partial charge < -0.3 is 15.4 Å². The highest BCUT2D eigenvalue weighted by atomic mass is 32.2. The zero-order valence-corrected chi connectivity index (χ0v) is 17.4. The molecule has 1 heterocycles. The minimum Gasteiger partial charge on any atom is -0.493 e. The third-order valence-corrected chi connectivity index (χ3v) is 6.12. The fraction of sp³-hybridized carbons (Fsp3) is 0.632. The summed E-state index contributed by atoms with van der Waals surface area (Å²) in [4.78, 5) is 6.42. The summed E-state index contributed by atoms with van der Waals surface area (Å²) in [6.45, 7) is 8.21. The Bertz CT molecular complexity index is 720. The summed E-state index contributed by atoms with van der Waals surface area (Å²) >= 11 is 0. The van der Waals surface area contributed by atoms with Crippen molar-refractivity contribution < 1.29 is 13.2 Å². The van der Waals surface area contributed by atoms with Crippen molar-refractivity contribution in [1.82, 2.24) is 15.5 Å². The lowest BCUT2D eigenvalue weighted by Gasteiger charge is -2.26. The second kappa shape index (κ2) is 10.5. The van der Waals surface area contributed by atoms with Crippen LogP contribution in [0.3, 0.4) is 0 Å². The van der Waals surface area contributed by atoms with Crippen molar-refractivity contribution in [2.45, 2.75) is 26.8 Å². The van der Waals surface area contributed by atoms with E-state index in [2.05, 4.69) is 52.6 Å². The minimum atomic E-state index is -2.82. The number of sulfone groups is 1. The van der Waals surface area contributed by atoms with Gasteiger partial charge in [-0.2, -0.15) is 0 Å². The Morgan fingerprint density at radius 3 is 2.67 bits per heavy atom. The molecule has 1 aliphatic rings. The molecule has 7 nitrogen and oxygen atoms in total. The molecule has 2 rings (SSSR count). The van der Waals surface area contributed by atoms with Crippen LogP contribution in [0.2, 0.25) is 0 Å². The van der Waals surface area contributed by atoms with Crippen molar-refractivity contribution in [1.29, 1.82) is 0 Å².